The van der Waals surface area contributed by atoms with E-state index in [4.69, 9.17) is 4.74 Å². The van der Waals surface area contributed by atoms with Gasteiger partial charge in [0.25, 0.3) is 0 Å². The van der Waals surface area contributed by atoms with Crippen LogP contribution >= 0.6 is 0 Å². The number of rotatable bonds is 1. The van der Waals surface area contributed by atoms with Crippen LogP contribution in [0, 0.1) is 5.92 Å². The third-order valence-corrected chi connectivity index (χ3v) is 2.77. The zero-order chi connectivity index (χ0) is 7.03. The Morgan fingerprint density at radius 2 is 2.10 bits per heavy atom. The van der Waals surface area contributed by atoms with Crippen LogP contribution in [0.4, 0.5) is 0 Å². The predicted octanol–water partition coefficient (Wildman–Crippen LogP) is 1.14. The van der Waals surface area contributed by atoms with Gasteiger partial charge in [-0.15, -0.1) is 0 Å². The maximum Gasteiger partial charge on any atom is 0.151 e. The molecule has 3 rings (SSSR count). The third kappa shape index (κ3) is 0.788. The molecule has 0 amide bonds. The highest BCUT2D eigenvalue weighted by molar-refractivity contribution is 5.63. The summed E-state index contributed by atoms with van der Waals surface area (Å²) in [6.07, 6.45) is 5.31. The van der Waals surface area contributed by atoms with Gasteiger partial charge in [-0.2, -0.15) is 0 Å². The number of carbonyl (C=O) groups excluding carboxylic acids is 1. The minimum absolute atomic E-state index is 0.352. The van der Waals surface area contributed by atoms with Crippen molar-refractivity contribution in [2.45, 2.75) is 31.3 Å². The van der Waals surface area contributed by atoms with Crippen LogP contribution in [0.5, 0.6) is 0 Å². The number of ether oxygens (including phenoxy) is 1. The van der Waals surface area contributed by atoms with Gasteiger partial charge in [-0.05, 0) is 31.6 Å². The number of hydrogen-bond acceptors (Lipinski definition) is 2. The van der Waals surface area contributed by atoms with E-state index >= 15 is 0 Å². The number of aldehydes is 1. The second kappa shape index (κ2) is 2.06. The molecule has 0 unspecified atom stereocenters. The van der Waals surface area contributed by atoms with Crippen LogP contribution in [0.2, 0.25) is 0 Å². The average molecular weight is 140 g/mol. The molecular weight excluding hydrogens is 128 g/mol. The highest BCUT2D eigenvalue weighted by atomic mass is 16.5. The van der Waals surface area contributed by atoms with Crippen molar-refractivity contribution in [3.63, 3.8) is 0 Å². The second-order valence-electron chi connectivity index (χ2n) is 3.44. The van der Waals surface area contributed by atoms with Gasteiger partial charge in [0.1, 0.15) is 5.60 Å². The van der Waals surface area contributed by atoms with Gasteiger partial charge >= 0.3 is 0 Å². The van der Waals surface area contributed by atoms with Crippen molar-refractivity contribution in [2.75, 3.05) is 6.61 Å². The maximum absolute atomic E-state index is 10.6. The maximum atomic E-state index is 10.6. The minimum Gasteiger partial charge on any atom is -0.367 e. The van der Waals surface area contributed by atoms with Crippen molar-refractivity contribution in [1.82, 2.24) is 0 Å². The molecule has 56 valence electrons. The summed E-state index contributed by atoms with van der Waals surface area (Å²) in [5.74, 6) is 0.752. The van der Waals surface area contributed by atoms with Crippen LogP contribution in [0.3, 0.4) is 0 Å². The smallest absolute Gasteiger partial charge is 0.151 e. The van der Waals surface area contributed by atoms with E-state index in [-0.39, 0.29) is 5.60 Å². The first-order valence-electron chi connectivity index (χ1n) is 3.95. The van der Waals surface area contributed by atoms with Gasteiger partial charge in [0.05, 0.1) is 6.61 Å². The fourth-order valence-corrected chi connectivity index (χ4v) is 1.91. The molecule has 0 radical (unpaired) electrons. The Bertz CT molecular complexity index is 132. The van der Waals surface area contributed by atoms with Crippen molar-refractivity contribution in [2.24, 2.45) is 5.92 Å². The Morgan fingerprint density at radius 3 is 2.40 bits per heavy atom. The van der Waals surface area contributed by atoms with Crippen molar-refractivity contribution < 1.29 is 9.53 Å². The molecule has 2 heteroatoms. The molecule has 1 saturated carbocycles. The van der Waals surface area contributed by atoms with E-state index in [0.29, 0.717) is 0 Å². The summed E-state index contributed by atoms with van der Waals surface area (Å²) < 4.78 is 5.45. The number of carbonyl (C=O) groups is 1. The molecule has 2 aliphatic heterocycles. The van der Waals surface area contributed by atoms with E-state index in [1.165, 1.54) is 12.8 Å². The third-order valence-electron chi connectivity index (χ3n) is 2.77. The first-order chi connectivity index (χ1) is 4.85. The largest absolute Gasteiger partial charge is 0.367 e. The van der Waals surface area contributed by atoms with Gasteiger partial charge in [0, 0.05) is 0 Å². The quantitative estimate of drug-likeness (QED) is 0.510. The standard InChI is InChI=1S/C8H12O2/c9-6-8-3-1-7(2-4-8)5-10-8/h6-7H,1-5H2. The molecule has 2 nitrogen and oxygen atoms in total. The molecule has 3 fully saturated rings. The lowest BCUT2D eigenvalue weighted by atomic mass is 9.77. The fourth-order valence-electron chi connectivity index (χ4n) is 1.91. The van der Waals surface area contributed by atoms with E-state index in [9.17, 15) is 4.79 Å². The topological polar surface area (TPSA) is 26.3 Å². The van der Waals surface area contributed by atoms with Gasteiger partial charge < -0.3 is 9.53 Å². The summed E-state index contributed by atoms with van der Waals surface area (Å²) in [5.41, 5.74) is -0.352. The normalized spacial score (nSPS) is 45.4. The molecule has 1 aliphatic carbocycles. The first kappa shape index (κ1) is 6.35. The summed E-state index contributed by atoms with van der Waals surface area (Å²) in [6.45, 7) is 0.818. The Kier molecular flexibility index (Phi) is 1.31. The van der Waals surface area contributed by atoms with E-state index in [1.807, 2.05) is 0 Å². The summed E-state index contributed by atoms with van der Waals surface area (Å²) in [5, 5.41) is 0. The van der Waals surface area contributed by atoms with Crippen molar-refractivity contribution in [1.29, 1.82) is 0 Å². The van der Waals surface area contributed by atoms with Gasteiger partial charge in [-0.1, -0.05) is 0 Å². The van der Waals surface area contributed by atoms with Crippen LogP contribution in [-0.4, -0.2) is 18.5 Å². The van der Waals surface area contributed by atoms with Crippen molar-refractivity contribution in [3.8, 4) is 0 Å². The molecule has 2 saturated heterocycles. The minimum atomic E-state index is -0.352. The zero-order valence-electron chi connectivity index (χ0n) is 6.01. The van der Waals surface area contributed by atoms with Gasteiger partial charge in [-0.3, -0.25) is 0 Å². The highest BCUT2D eigenvalue weighted by Crippen LogP contribution is 2.39. The van der Waals surface area contributed by atoms with Gasteiger partial charge in [0.15, 0.2) is 6.29 Å². The molecule has 0 atom stereocenters. The van der Waals surface area contributed by atoms with Crippen LogP contribution in [-0.2, 0) is 9.53 Å². The monoisotopic (exact) mass is 140 g/mol. The predicted molar refractivity (Wildman–Crippen MR) is 36.7 cm³/mol. The lowest BCUT2D eigenvalue weighted by Crippen LogP contribution is -2.46. The van der Waals surface area contributed by atoms with Crippen molar-refractivity contribution in [3.05, 3.63) is 0 Å². The van der Waals surface area contributed by atoms with Crippen LogP contribution < -0.4 is 0 Å². The lowest BCUT2D eigenvalue weighted by Gasteiger charge is -2.42. The van der Waals surface area contributed by atoms with E-state index < -0.39 is 0 Å². The fraction of sp³-hybridized carbons (Fsp3) is 0.875. The van der Waals surface area contributed by atoms with Gasteiger partial charge in [0.2, 0.25) is 0 Å². The van der Waals surface area contributed by atoms with Gasteiger partial charge in [-0.25, -0.2) is 0 Å². The Labute approximate surface area is 60.6 Å². The Balaban J connectivity index is 2.15. The Morgan fingerprint density at radius 1 is 1.40 bits per heavy atom. The Hall–Kier alpha value is -0.370. The SMILES string of the molecule is O=CC12CCC(CC1)CO2. The molecule has 2 heterocycles. The molecule has 3 aliphatic rings. The summed E-state index contributed by atoms with van der Waals surface area (Å²) in [4.78, 5) is 10.6. The molecule has 0 spiro atoms. The van der Waals surface area contributed by atoms with Crippen LogP contribution in [0.1, 0.15) is 25.7 Å². The van der Waals surface area contributed by atoms with E-state index in [1.54, 1.807) is 0 Å². The van der Waals surface area contributed by atoms with E-state index in [2.05, 4.69) is 0 Å². The average Bonchev–Trinajstić information content (AvgIpc) is 2.08. The van der Waals surface area contributed by atoms with Crippen LogP contribution in [0.15, 0.2) is 0 Å². The molecule has 0 aromatic carbocycles. The molecule has 0 aromatic rings. The van der Waals surface area contributed by atoms with Crippen molar-refractivity contribution >= 4 is 6.29 Å². The summed E-state index contributed by atoms with van der Waals surface area (Å²) >= 11 is 0. The molecule has 2 bridgehead atoms. The summed E-state index contributed by atoms with van der Waals surface area (Å²) in [6, 6.07) is 0. The summed E-state index contributed by atoms with van der Waals surface area (Å²) in [7, 11) is 0. The molecule has 0 aromatic heterocycles. The zero-order valence-corrected chi connectivity index (χ0v) is 6.01. The molecule has 0 N–H and O–H groups in total. The lowest BCUT2D eigenvalue weighted by molar-refractivity contribution is -0.158. The number of hydrogen-bond donors (Lipinski definition) is 0. The highest BCUT2D eigenvalue weighted by Gasteiger charge is 2.41. The van der Waals surface area contributed by atoms with E-state index in [0.717, 1.165) is 31.7 Å². The second-order valence-corrected chi connectivity index (χ2v) is 3.44. The molecule has 10 heavy (non-hydrogen) atoms. The van der Waals surface area contributed by atoms with Crippen LogP contribution in [0.25, 0.3) is 0 Å². The molecular formula is C8H12O2. The first-order valence-corrected chi connectivity index (χ1v) is 3.95. The number of fused-ring (bicyclic) bond motifs is 3.